The molecule has 27 heavy (non-hydrogen) atoms. The van der Waals surface area contributed by atoms with Crippen molar-refractivity contribution in [3.05, 3.63) is 54.6 Å². The van der Waals surface area contributed by atoms with Crippen LogP contribution in [0.1, 0.15) is 32.1 Å². The smallest absolute Gasteiger partial charge is 0.305 e. The van der Waals surface area contributed by atoms with E-state index in [2.05, 4.69) is 15.0 Å². The molecule has 0 heterocycles. The van der Waals surface area contributed by atoms with E-state index in [1.807, 2.05) is 54.6 Å². The average molecular weight is 369 g/mol. The maximum absolute atomic E-state index is 11.0. The van der Waals surface area contributed by atoms with Gasteiger partial charge in [0.2, 0.25) is 0 Å². The highest BCUT2D eigenvalue weighted by atomic mass is 16.5. The Labute approximate surface area is 160 Å². The molecule has 0 saturated heterocycles. The van der Waals surface area contributed by atoms with Crippen LogP contribution in [0.5, 0.6) is 11.5 Å². The minimum atomic E-state index is -0.153. The first-order valence-electron chi connectivity index (χ1n) is 9.14. The van der Waals surface area contributed by atoms with Gasteiger partial charge in [-0.2, -0.15) is 0 Å². The molecule has 0 radical (unpaired) electrons. The number of hydrogen-bond donors (Lipinski definition) is 2. The molecule has 0 aliphatic carbocycles. The molecule has 0 aliphatic rings. The van der Waals surface area contributed by atoms with Gasteiger partial charge in [0.1, 0.15) is 11.5 Å². The van der Waals surface area contributed by atoms with Crippen LogP contribution in [0.3, 0.4) is 0 Å². The summed E-state index contributed by atoms with van der Waals surface area (Å²) in [5, 5.41) is 3.08. The van der Waals surface area contributed by atoms with Gasteiger partial charge >= 0.3 is 5.97 Å². The molecule has 0 aromatic heterocycles. The van der Waals surface area contributed by atoms with Crippen molar-refractivity contribution < 1.29 is 14.3 Å². The number of ether oxygens (including phenoxy) is 2. The van der Waals surface area contributed by atoms with Gasteiger partial charge in [0, 0.05) is 24.7 Å². The zero-order valence-corrected chi connectivity index (χ0v) is 15.7. The Hall–Kier alpha value is -3.02. The Morgan fingerprint density at radius 3 is 2.52 bits per heavy atom. The van der Waals surface area contributed by atoms with E-state index in [-0.39, 0.29) is 5.97 Å². The van der Waals surface area contributed by atoms with E-state index >= 15 is 0 Å². The van der Waals surface area contributed by atoms with Crippen LogP contribution in [-0.4, -0.2) is 25.6 Å². The van der Waals surface area contributed by atoms with E-state index < -0.39 is 0 Å². The lowest BCUT2D eigenvalue weighted by molar-refractivity contribution is -0.140. The largest absolute Gasteiger partial charge is 0.469 e. The summed E-state index contributed by atoms with van der Waals surface area (Å²) in [4.78, 5) is 15.3. The van der Waals surface area contributed by atoms with Gasteiger partial charge in [-0.15, -0.1) is 0 Å². The fourth-order valence-electron chi connectivity index (χ4n) is 2.49. The van der Waals surface area contributed by atoms with Crippen LogP contribution in [0.15, 0.2) is 59.6 Å². The number of guanidine groups is 1. The Kier molecular flexibility index (Phi) is 8.69. The van der Waals surface area contributed by atoms with E-state index in [9.17, 15) is 4.79 Å². The molecule has 3 N–H and O–H groups in total. The molecule has 0 saturated carbocycles. The molecule has 0 bridgehead atoms. The van der Waals surface area contributed by atoms with Crippen molar-refractivity contribution in [1.29, 1.82) is 0 Å². The number of nitrogens with zero attached hydrogens (tertiary/aromatic N) is 1. The number of benzene rings is 2. The third kappa shape index (κ3) is 8.27. The molecule has 2 aromatic carbocycles. The fourth-order valence-corrected chi connectivity index (χ4v) is 2.49. The molecule has 0 aliphatic heterocycles. The lowest BCUT2D eigenvalue weighted by Gasteiger charge is -2.09. The van der Waals surface area contributed by atoms with E-state index in [1.165, 1.54) is 7.11 Å². The number of unbranched alkanes of at least 4 members (excludes halogenated alkanes) is 3. The minimum absolute atomic E-state index is 0.153. The van der Waals surface area contributed by atoms with Crippen LogP contribution in [0.25, 0.3) is 0 Å². The number of rotatable bonds is 10. The van der Waals surface area contributed by atoms with E-state index in [4.69, 9.17) is 10.5 Å². The summed E-state index contributed by atoms with van der Waals surface area (Å²) in [6, 6.07) is 17.2. The van der Waals surface area contributed by atoms with E-state index in [0.717, 1.165) is 42.9 Å². The first-order chi connectivity index (χ1) is 13.2. The summed E-state index contributed by atoms with van der Waals surface area (Å²) < 4.78 is 10.4. The molecule has 0 spiro atoms. The van der Waals surface area contributed by atoms with E-state index in [1.54, 1.807) is 0 Å². The first-order valence-corrected chi connectivity index (χ1v) is 9.14. The summed E-state index contributed by atoms with van der Waals surface area (Å²) in [6.45, 7) is 0.650. The van der Waals surface area contributed by atoms with Crippen molar-refractivity contribution in [2.24, 2.45) is 10.7 Å². The summed E-state index contributed by atoms with van der Waals surface area (Å²) in [6.07, 6.45) is 4.24. The number of nitrogens with one attached hydrogen (secondary N) is 1. The number of hydrogen-bond acceptors (Lipinski definition) is 4. The minimum Gasteiger partial charge on any atom is -0.469 e. The summed E-state index contributed by atoms with van der Waals surface area (Å²) in [7, 11) is 1.41. The van der Waals surface area contributed by atoms with E-state index in [0.29, 0.717) is 18.9 Å². The van der Waals surface area contributed by atoms with Gasteiger partial charge in [-0.25, -0.2) is 0 Å². The molecule has 0 unspecified atom stereocenters. The standard InChI is InChI=1S/C21H27N3O3/c1-26-20(25)14-7-2-3-8-15-23-21(22)24-17-10-9-13-19(16-17)27-18-11-5-4-6-12-18/h4-6,9-13,16H,2-3,7-8,14-15H2,1H3,(H3,22,23,24). The van der Waals surface area contributed by atoms with Crippen LogP contribution in [0.4, 0.5) is 5.69 Å². The third-order valence-electron chi connectivity index (χ3n) is 3.88. The van der Waals surface area contributed by atoms with Gasteiger partial charge in [0.15, 0.2) is 5.96 Å². The molecular weight excluding hydrogens is 342 g/mol. The van der Waals surface area contributed by atoms with Gasteiger partial charge in [0.25, 0.3) is 0 Å². The molecule has 0 atom stereocenters. The second-order valence-electron chi connectivity index (χ2n) is 6.08. The monoisotopic (exact) mass is 369 g/mol. The van der Waals surface area contributed by atoms with Gasteiger partial charge in [0.05, 0.1) is 7.11 Å². The second-order valence-corrected chi connectivity index (χ2v) is 6.08. The highest BCUT2D eigenvalue weighted by Crippen LogP contribution is 2.23. The lowest BCUT2D eigenvalue weighted by atomic mass is 10.1. The topological polar surface area (TPSA) is 85.9 Å². The van der Waals surface area contributed by atoms with Crippen molar-refractivity contribution in [3.8, 4) is 11.5 Å². The van der Waals surface area contributed by atoms with Gasteiger partial charge in [-0.1, -0.05) is 37.1 Å². The molecule has 144 valence electrons. The maximum atomic E-state index is 11.0. The molecule has 6 heteroatoms. The number of aliphatic imine (C=N–C) groups is 1. The molecule has 0 amide bonds. The predicted octanol–water partition coefficient (Wildman–Crippen LogP) is 4.33. The van der Waals surface area contributed by atoms with Crippen LogP contribution >= 0.6 is 0 Å². The number of carbonyl (C=O) groups is 1. The number of carbonyl (C=O) groups excluding carboxylic acids is 1. The van der Waals surface area contributed by atoms with Gasteiger partial charge in [-0.05, 0) is 37.1 Å². The van der Waals surface area contributed by atoms with Crippen molar-refractivity contribution in [1.82, 2.24) is 0 Å². The third-order valence-corrected chi connectivity index (χ3v) is 3.88. The average Bonchev–Trinajstić information content (AvgIpc) is 2.68. The fraction of sp³-hybridized carbons (Fsp3) is 0.333. The second kappa shape index (κ2) is 11.6. The highest BCUT2D eigenvalue weighted by molar-refractivity contribution is 5.92. The van der Waals surface area contributed by atoms with Crippen molar-refractivity contribution >= 4 is 17.6 Å². The maximum Gasteiger partial charge on any atom is 0.305 e. The van der Waals surface area contributed by atoms with Crippen LogP contribution < -0.4 is 15.8 Å². The van der Waals surface area contributed by atoms with Crippen LogP contribution in [0.2, 0.25) is 0 Å². The SMILES string of the molecule is COC(=O)CCCCCCN=C(N)Nc1cccc(Oc2ccccc2)c1. The number of esters is 1. The van der Waals surface area contributed by atoms with Crippen LogP contribution in [-0.2, 0) is 9.53 Å². The van der Waals surface area contributed by atoms with Crippen molar-refractivity contribution in [2.75, 3.05) is 19.0 Å². The molecular formula is C21H27N3O3. The Bertz CT molecular complexity index is 732. The molecule has 2 rings (SSSR count). The quantitative estimate of drug-likeness (QED) is 0.282. The molecule has 6 nitrogen and oxygen atoms in total. The Balaban J connectivity index is 1.71. The highest BCUT2D eigenvalue weighted by Gasteiger charge is 2.01. The molecule has 0 fully saturated rings. The van der Waals surface area contributed by atoms with Crippen molar-refractivity contribution in [3.63, 3.8) is 0 Å². The zero-order chi connectivity index (χ0) is 19.3. The Morgan fingerprint density at radius 2 is 1.74 bits per heavy atom. The number of anilines is 1. The number of methoxy groups -OCH3 is 1. The first kappa shape index (κ1) is 20.3. The summed E-state index contributed by atoms with van der Waals surface area (Å²) >= 11 is 0. The van der Waals surface area contributed by atoms with Crippen LogP contribution in [0, 0.1) is 0 Å². The van der Waals surface area contributed by atoms with Crippen molar-refractivity contribution in [2.45, 2.75) is 32.1 Å². The summed E-state index contributed by atoms with van der Waals surface area (Å²) in [5.74, 6) is 1.73. The zero-order valence-electron chi connectivity index (χ0n) is 15.7. The lowest BCUT2D eigenvalue weighted by Crippen LogP contribution is -2.22. The number of para-hydroxylation sites is 1. The molecule has 2 aromatic rings. The number of nitrogens with two attached hydrogens (primary N) is 1. The summed E-state index contributed by atoms with van der Waals surface area (Å²) in [5.41, 5.74) is 6.77. The predicted molar refractivity (Wildman–Crippen MR) is 108 cm³/mol. The van der Waals surface area contributed by atoms with Gasteiger partial charge < -0.3 is 20.5 Å². The Morgan fingerprint density at radius 1 is 1.00 bits per heavy atom. The van der Waals surface area contributed by atoms with Gasteiger partial charge in [-0.3, -0.25) is 9.79 Å². The normalized spacial score (nSPS) is 11.1.